The van der Waals surface area contributed by atoms with Gasteiger partial charge < -0.3 is 0 Å². The molecular weight excluding hydrogens is 152 g/mol. The van der Waals surface area contributed by atoms with Crippen LogP contribution in [0.4, 0.5) is 0 Å². The van der Waals surface area contributed by atoms with Gasteiger partial charge in [0.2, 0.25) is 0 Å². The lowest BCUT2D eigenvalue weighted by Crippen LogP contribution is -2.36. The van der Waals surface area contributed by atoms with Crippen LogP contribution >= 0.6 is 0 Å². The molecular formula is C9H17N2O+. The fraction of sp³-hybridized carbons (Fsp3) is 0.778. The molecule has 0 fully saturated rings. The Morgan fingerprint density at radius 3 is 2.00 bits per heavy atom. The zero-order valence-electron chi connectivity index (χ0n) is 8.46. The summed E-state index contributed by atoms with van der Waals surface area (Å²) in [5.41, 5.74) is 0. The monoisotopic (exact) mass is 169 g/mol. The highest BCUT2D eigenvalue weighted by Gasteiger charge is 2.25. The molecule has 0 N–H and O–H groups in total. The first-order valence-electron chi connectivity index (χ1n) is 4.39. The average molecular weight is 169 g/mol. The minimum absolute atomic E-state index is 0.398. The molecule has 0 aliphatic carbocycles. The van der Waals surface area contributed by atoms with Gasteiger partial charge >= 0.3 is 11.7 Å². The third-order valence-corrected chi connectivity index (χ3v) is 1.92. The Hall–Kier alpha value is -0.860. The van der Waals surface area contributed by atoms with Crippen molar-refractivity contribution in [1.82, 2.24) is 5.16 Å². The number of rotatable bonds is 2. The van der Waals surface area contributed by atoms with Crippen molar-refractivity contribution in [3.63, 3.8) is 0 Å². The summed E-state index contributed by atoms with van der Waals surface area (Å²) in [6, 6.07) is 0. The molecule has 0 saturated heterocycles. The first-order valence-corrected chi connectivity index (χ1v) is 4.39. The van der Waals surface area contributed by atoms with Crippen molar-refractivity contribution < 1.29 is 9.09 Å². The topological polar surface area (TPSA) is 29.9 Å². The molecule has 0 spiro atoms. The zero-order valence-corrected chi connectivity index (χ0v) is 8.46. The van der Waals surface area contributed by atoms with E-state index in [0.717, 1.165) is 11.7 Å². The van der Waals surface area contributed by atoms with Crippen LogP contribution in [0.1, 0.15) is 51.2 Å². The van der Waals surface area contributed by atoms with Gasteiger partial charge in [-0.05, 0) is 0 Å². The van der Waals surface area contributed by atoms with Gasteiger partial charge in [-0.25, -0.2) is 4.52 Å². The summed E-state index contributed by atoms with van der Waals surface area (Å²) in [5.74, 6) is 2.78. The Bertz CT molecular complexity index is 238. The van der Waals surface area contributed by atoms with E-state index in [9.17, 15) is 0 Å². The minimum Gasteiger partial charge on any atom is -0.218 e. The fourth-order valence-electron chi connectivity index (χ4n) is 1.31. The van der Waals surface area contributed by atoms with Gasteiger partial charge in [-0.15, -0.1) is 0 Å². The lowest BCUT2D eigenvalue weighted by molar-refractivity contribution is -0.692. The number of nitrogens with zero attached hydrogens (tertiary/aromatic N) is 2. The van der Waals surface area contributed by atoms with Crippen LogP contribution in [0.3, 0.4) is 0 Å². The maximum atomic E-state index is 5.23. The van der Waals surface area contributed by atoms with Crippen LogP contribution in [-0.2, 0) is 7.05 Å². The summed E-state index contributed by atoms with van der Waals surface area (Å²) in [5, 5.41) is 4.02. The predicted octanol–water partition coefficient (Wildman–Crippen LogP) is 1.75. The Morgan fingerprint density at radius 2 is 1.75 bits per heavy atom. The first-order chi connectivity index (χ1) is 5.54. The number of hydrogen-bond acceptors (Lipinski definition) is 2. The van der Waals surface area contributed by atoms with Gasteiger partial charge in [0.1, 0.15) is 0 Å². The van der Waals surface area contributed by atoms with Crippen LogP contribution in [0, 0.1) is 0 Å². The van der Waals surface area contributed by atoms with Crippen molar-refractivity contribution >= 4 is 0 Å². The Morgan fingerprint density at radius 1 is 1.17 bits per heavy atom. The molecule has 1 heterocycles. The van der Waals surface area contributed by atoms with E-state index in [2.05, 4.69) is 32.9 Å². The lowest BCUT2D eigenvalue weighted by Gasteiger charge is -1.97. The summed E-state index contributed by atoms with van der Waals surface area (Å²) in [4.78, 5) is 0. The van der Waals surface area contributed by atoms with Gasteiger partial charge in [0.05, 0.1) is 18.9 Å². The zero-order chi connectivity index (χ0) is 9.30. The van der Waals surface area contributed by atoms with Crippen LogP contribution in [0.25, 0.3) is 0 Å². The maximum Gasteiger partial charge on any atom is 0.351 e. The second-order valence-electron chi connectivity index (χ2n) is 3.75. The smallest absolute Gasteiger partial charge is 0.218 e. The van der Waals surface area contributed by atoms with Gasteiger partial charge in [-0.1, -0.05) is 27.7 Å². The SMILES string of the molecule is CC(C)c1noc(C(C)C)[n+]1C. The van der Waals surface area contributed by atoms with Gasteiger partial charge in [0.15, 0.2) is 5.16 Å². The largest absolute Gasteiger partial charge is 0.351 e. The Kier molecular flexibility index (Phi) is 2.50. The fourth-order valence-corrected chi connectivity index (χ4v) is 1.31. The molecule has 68 valence electrons. The summed E-state index contributed by atoms with van der Waals surface area (Å²) in [7, 11) is 2.00. The second-order valence-corrected chi connectivity index (χ2v) is 3.75. The predicted molar refractivity (Wildman–Crippen MR) is 45.9 cm³/mol. The summed E-state index contributed by atoms with van der Waals surface area (Å²) in [6.45, 7) is 8.43. The molecule has 0 unspecified atom stereocenters. The normalized spacial score (nSPS) is 11.6. The third kappa shape index (κ3) is 1.49. The standard InChI is InChI=1S/C9H17N2O/c1-6(2)8-10-12-9(7(3)4)11(8)5/h6-7H,1-5H3/q+1. The number of hydrogen-bond donors (Lipinski definition) is 0. The molecule has 0 aromatic carbocycles. The summed E-state index contributed by atoms with van der Waals surface area (Å²) < 4.78 is 7.27. The molecule has 0 saturated carbocycles. The van der Waals surface area contributed by atoms with Gasteiger partial charge in [-0.2, -0.15) is 4.57 Å². The van der Waals surface area contributed by atoms with E-state index in [0.29, 0.717) is 11.8 Å². The first kappa shape index (κ1) is 9.23. The van der Waals surface area contributed by atoms with E-state index >= 15 is 0 Å². The van der Waals surface area contributed by atoms with Crippen LogP contribution in [-0.4, -0.2) is 5.16 Å². The lowest BCUT2D eigenvalue weighted by atomic mass is 10.2. The highest BCUT2D eigenvalue weighted by atomic mass is 16.5. The second kappa shape index (κ2) is 3.25. The summed E-state index contributed by atoms with van der Waals surface area (Å²) >= 11 is 0. The highest BCUT2D eigenvalue weighted by molar-refractivity contribution is 4.83. The number of aromatic nitrogens is 2. The van der Waals surface area contributed by atoms with Gasteiger partial charge in [0, 0.05) is 0 Å². The van der Waals surface area contributed by atoms with Crippen molar-refractivity contribution in [2.45, 2.75) is 39.5 Å². The molecule has 12 heavy (non-hydrogen) atoms. The summed E-state index contributed by atoms with van der Waals surface area (Å²) in [6.07, 6.45) is 0. The Balaban J connectivity index is 3.04. The quantitative estimate of drug-likeness (QED) is 0.631. The molecule has 0 amide bonds. The molecule has 1 rings (SSSR count). The molecule has 0 bridgehead atoms. The van der Waals surface area contributed by atoms with Gasteiger partial charge in [-0.3, -0.25) is 0 Å². The van der Waals surface area contributed by atoms with E-state index in [1.54, 1.807) is 0 Å². The van der Waals surface area contributed by atoms with Crippen LogP contribution < -0.4 is 4.57 Å². The molecule has 0 radical (unpaired) electrons. The average Bonchev–Trinajstić information content (AvgIpc) is 2.30. The molecule has 3 nitrogen and oxygen atoms in total. The Labute approximate surface area is 73.4 Å². The molecule has 0 aliphatic rings. The van der Waals surface area contributed by atoms with Crippen molar-refractivity contribution in [2.24, 2.45) is 7.05 Å². The van der Waals surface area contributed by atoms with E-state index in [4.69, 9.17) is 4.52 Å². The molecule has 1 aromatic heterocycles. The van der Waals surface area contributed by atoms with Crippen molar-refractivity contribution in [1.29, 1.82) is 0 Å². The van der Waals surface area contributed by atoms with Crippen molar-refractivity contribution in [3.05, 3.63) is 11.7 Å². The molecule has 0 atom stereocenters. The van der Waals surface area contributed by atoms with Crippen LogP contribution in [0.15, 0.2) is 4.52 Å². The van der Waals surface area contributed by atoms with E-state index < -0.39 is 0 Å². The van der Waals surface area contributed by atoms with Crippen LogP contribution in [0.5, 0.6) is 0 Å². The van der Waals surface area contributed by atoms with Crippen molar-refractivity contribution in [2.75, 3.05) is 0 Å². The maximum absolute atomic E-state index is 5.23. The highest BCUT2D eigenvalue weighted by Crippen LogP contribution is 2.13. The van der Waals surface area contributed by atoms with E-state index in [-0.39, 0.29) is 0 Å². The van der Waals surface area contributed by atoms with E-state index in [1.807, 2.05) is 11.6 Å². The molecule has 1 aromatic rings. The molecule has 0 aliphatic heterocycles. The van der Waals surface area contributed by atoms with Crippen LogP contribution in [0.2, 0.25) is 0 Å². The minimum atomic E-state index is 0.398. The van der Waals surface area contributed by atoms with Crippen molar-refractivity contribution in [3.8, 4) is 0 Å². The third-order valence-electron chi connectivity index (χ3n) is 1.92. The van der Waals surface area contributed by atoms with Gasteiger partial charge in [0.25, 0.3) is 0 Å². The molecule has 3 heteroatoms. The van der Waals surface area contributed by atoms with E-state index in [1.165, 1.54) is 0 Å².